The first kappa shape index (κ1) is 15.8. The molecular weight excluding hydrogens is 376 g/mol. The second-order valence-electron chi connectivity index (χ2n) is 4.92. The summed E-state index contributed by atoms with van der Waals surface area (Å²) in [6, 6.07) is 17.3. The molecule has 3 rings (SSSR count). The zero-order valence-corrected chi connectivity index (χ0v) is 14.7. The van der Waals surface area contributed by atoms with Crippen molar-refractivity contribution < 1.29 is 0 Å². The summed E-state index contributed by atoms with van der Waals surface area (Å²) in [5, 5.41) is 7.13. The fourth-order valence-electron chi connectivity index (χ4n) is 2.08. The summed E-state index contributed by atoms with van der Waals surface area (Å²) in [6.07, 6.45) is 0. The van der Waals surface area contributed by atoms with Gasteiger partial charge < -0.3 is 10.6 Å². The van der Waals surface area contributed by atoms with Crippen LogP contribution in [-0.2, 0) is 0 Å². The number of halogens is 2. The number of rotatable bonds is 4. The smallest absolute Gasteiger partial charge is 0.136 e. The van der Waals surface area contributed by atoms with Crippen molar-refractivity contribution in [3.05, 3.63) is 69.9 Å². The number of hydrogen-bond donors (Lipinski definition) is 2. The Hall–Kier alpha value is -2.11. The van der Waals surface area contributed by atoms with Crippen LogP contribution >= 0.6 is 27.5 Å². The Kier molecular flexibility index (Phi) is 4.79. The highest BCUT2D eigenvalue weighted by atomic mass is 79.9. The third-order valence-electron chi connectivity index (χ3n) is 3.09. The molecule has 0 saturated carbocycles. The van der Waals surface area contributed by atoms with Crippen molar-refractivity contribution in [2.75, 3.05) is 10.6 Å². The topological polar surface area (TPSA) is 49.8 Å². The molecule has 0 saturated heterocycles. The molecule has 0 fully saturated rings. The van der Waals surface area contributed by atoms with Crippen molar-refractivity contribution in [2.24, 2.45) is 0 Å². The Morgan fingerprint density at radius 1 is 0.913 bits per heavy atom. The lowest BCUT2D eigenvalue weighted by Crippen LogP contribution is -2.01. The molecule has 0 amide bonds. The lowest BCUT2D eigenvalue weighted by molar-refractivity contribution is 1.06. The molecule has 2 N–H and O–H groups in total. The summed E-state index contributed by atoms with van der Waals surface area (Å²) in [6.45, 7) is 1.85. The Balaban J connectivity index is 1.84. The van der Waals surface area contributed by atoms with Crippen LogP contribution in [0.15, 0.2) is 59.1 Å². The molecular formula is C17H14BrClN4. The van der Waals surface area contributed by atoms with Crippen LogP contribution in [0.3, 0.4) is 0 Å². The molecule has 1 aromatic heterocycles. The van der Waals surface area contributed by atoms with E-state index in [9.17, 15) is 0 Å². The molecule has 0 aliphatic heterocycles. The van der Waals surface area contributed by atoms with Crippen LogP contribution in [0.2, 0.25) is 5.02 Å². The van der Waals surface area contributed by atoms with Gasteiger partial charge in [-0.1, -0.05) is 39.7 Å². The first-order valence-corrected chi connectivity index (χ1v) is 8.17. The number of aromatic nitrogens is 2. The van der Waals surface area contributed by atoms with Gasteiger partial charge in [0.1, 0.15) is 17.5 Å². The molecule has 0 unspecified atom stereocenters. The SMILES string of the molecule is Cc1nc(Nc2ccc(Br)cc2)cc(Nc2ccccc2Cl)n1. The number of hydrogen-bond acceptors (Lipinski definition) is 4. The minimum absolute atomic E-state index is 0.645. The average Bonchev–Trinajstić information content (AvgIpc) is 2.51. The predicted octanol–water partition coefficient (Wildman–Crippen LogP) is 5.69. The Labute approximate surface area is 148 Å². The maximum absolute atomic E-state index is 6.17. The van der Waals surface area contributed by atoms with E-state index in [4.69, 9.17) is 11.6 Å². The van der Waals surface area contributed by atoms with E-state index in [1.165, 1.54) is 0 Å². The first-order chi connectivity index (χ1) is 11.1. The summed E-state index contributed by atoms with van der Waals surface area (Å²) in [7, 11) is 0. The Morgan fingerprint density at radius 2 is 1.57 bits per heavy atom. The van der Waals surface area contributed by atoms with Gasteiger partial charge in [-0.25, -0.2) is 9.97 Å². The van der Waals surface area contributed by atoms with Crippen molar-refractivity contribution >= 4 is 50.5 Å². The van der Waals surface area contributed by atoms with Crippen molar-refractivity contribution in [2.45, 2.75) is 6.92 Å². The number of anilines is 4. The summed E-state index contributed by atoms with van der Waals surface area (Å²) < 4.78 is 1.03. The highest BCUT2D eigenvalue weighted by Gasteiger charge is 2.05. The van der Waals surface area contributed by atoms with E-state index in [1.54, 1.807) is 0 Å². The molecule has 2 aromatic carbocycles. The van der Waals surface area contributed by atoms with Gasteiger partial charge in [0.15, 0.2) is 0 Å². The largest absolute Gasteiger partial charge is 0.340 e. The number of nitrogens with one attached hydrogen (secondary N) is 2. The maximum atomic E-state index is 6.17. The standard InChI is InChI=1S/C17H14BrClN4/c1-11-20-16(22-13-8-6-12(18)7-9-13)10-17(21-11)23-15-5-3-2-4-14(15)19/h2-10H,1H3,(H2,20,21,22,23). The Morgan fingerprint density at radius 3 is 2.26 bits per heavy atom. The lowest BCUT2D eigenvalue weighted by Gasteiger charge is -2.11. The number of para-hydroxylation sites is 1. The minimum atomic E-state index is 0.645. The molecule has 0 radical (unpaired) electrons. The molecule has 116 valence electrons. The first-order valence-electron chi connectivity index (χ1n) is 7.00. The van der Waals surface area contributed by atoms with Crippen LogP contribution in [0.1, 0.15) is 5.82 Å². The van der Waals surface area contributed by atoms with Crippen molar-refractivity contribution in [1.29, 1.82) is 0 Å². The minimum Gasteiger partial charge on any atom is -0.340 e. The third kappa shape index (κ3) is 4.21. The van der Waals surface area contributed by atoms with E-state index in [1.807, 2.05) is 61.5 Å². The quantitative estimate of drug-likeness (QED) is 0.602. The van der Waals surface area contributed by atoms with E-state index in [-0.39, 0.29) is 0 Å². The second kappa shape index (κ2) is 6.98. The van der Waals surface area contributed by atoms with Gasteiger partial charge in [0, 0.05) is 16.2 Å². The molecule has 0 aliphatic carbocycles. The molecule has 0 spiro atoms. The van der Waals surface area contributed by atoms with Gasteiger partial charge in [-0.05, 0) is 43.3 Å². The van der Waals surface area contributed by atoms with E-state index in [0.717, 1.165) is 21.7 Å². The van der Waals surface area contributed by atoms with Crippen LogP contribution in [0.5, 0.6) is 0 Å². The van der Waals surface area contributed by atoms with Crippen LogP contribution in [-0.4, -0.2) is 9.97 Å². The highest BCUT2D eigenvalue weighted by Crippen LogP contribution is 2.26. The summed E-state index contributed by atoms with van der Waals surface area (Å²) in [5.41, 5.74) is 1.76. The molecule has 0 atom stereocenters. The molecule has 3 aromatic rings. The summed E-state index contributed by atoms with van der Waals surface area (Å²) in [5.74, 6) is 2.07. The Bertz CT molecular complexity index is 821. The fourth-order valence-corrected chi connectivity index (χ4v) is 2.52. The van der Waals surface area contributed by atoms with Gasteiger partial charge in [0.25, 0.3) is 0 Å². The summed E-state index contributed by atoms with van der Waals surface area (Å²) >= 11 is 9.59. The molecule has 23 heavy (non-hydrogen) atoms. The van der Waals surface area contributed by atoms with E-state index in [0.29, 0.717) is 16.7 Å². The van der Waals surface area contributed by atoms with E-state index < -0.39 is 0 Å². The monoisotopic (exact) mass is 388 g/mol. The average molecular weight is 390 g/mol. The lowest BCUT2D eigenvalue weighted by atomic mass is 10.3. The predicted molar refractivity (Wildman–Crippen MR) is 98.9 cm³/mol. The van der Waals surface area contributed by atoms with Crippen molar-refractivity contribution in [1.82, 2.24) is 9.97 Å². The third-order valence-corrected chi connectivity index (χ3v) is 3.95. The zero-order chi connectivity index (χ0) is 16.2. The van der Waals surface area contributed by atoms with Crippen LogP contribution in [0.25, 0.3) is 0 Å². The van der Waals surface area contributed by atoms with Crippen molar-refractivity contribution in [3.8, 4) is 0 Å². The normalized spacial score (nSPS) is 10.4. The molecule has 1 heterocycles. The summed E-state index contributed by atoms with van der Waals surface area (Å²) in [4.78, 5) is 8.81. The maximum Gasteiger partial charge on any atom is 0.136 e. The van der Waals surface area contributed by atoms with Gasteiger partial charge in [0.2, 0.25) is 0 Å². The van der Waals surface area contributed by atoms with Crippen molar-refractivity contribution in [3.63, 3.8) is 0 Å². The van der Waals surface area contributed by atoms with Crippen LogP contribution in [0, 0.1) is 6.92 Å². The van der Waals surface area contributed by atoms with Gasteiger partial charge >= 0.3 is 0 Å². The van der Waals surface area contributed by atoms with Gasteiger partial charge in [-0.15, -0.1) is 0 Å². The fraction of sp³-hybridized carbons (Fsp3) is 0.0588. The van der Waals surface area contributed by atoms with E-state index >= 15 is 0 Å². The number of benzene rings is 2. The molecule has 0 bridgehead atoms. The molecule has 0 aliphatic rings. The van der Waals surface area contributed by atoms with Gasteiger partial charge in [0.05, 0.1) is 10.7 Å². The second-order valence-corrected chi connectivity index (χ2v) is 6.25. The van der Waals surface area contributed by atoms with Crippen LogP contribution < -0.4 is 10.6 Å². The van der Waals surface area contributed by atoms with E-state index in [2.05, 4.69) is 36.5 Å². The highest BCUT2D eigenvalue weighted by molar-refractivity contribution is 9.10. The molecule has 6 heteroatoms. The number of aryl methyl sites for hydroxylation is 1. The van der Waals surface area contributed by atoms with Gasteiger partial charge in [-0.3, -0.25) is 0 Å². The zero-order valence-electron chi connectivity index (χ0n) is 12.3. The van der Waals surface area contributed by atoms with Crippen LogP contribution in [0.4, 0.5) is 23.0 Å². The molecule has 4 nitrogen and oxygen atoms in total. The number of nitrogens with zero attached hydrogens (tertiary/aromatic N) is 2. The van der Waals surface area contributed by atoms with Gasteiger partial charge in [-0.2, -0.15) is 0 Å².